The van der Waals surface area contributed by atoms with Gasteiger partial charge < -0.3 is 5.32 Å². The summed E-state index contributed by atoms with van der Waals surface area (Å²) in [7, 11) is 0. The standard InChI is InChI=1S/C13H14BrN3O/c14-12-6-2-1-5-11(12)13(18)15-7-3-9-17-10-4-8-16-17/h1-2,4-6,8,10H,3,7,9H2,(H,15,18). The number of hydrogen-bond acceptors (Lipinski definition) is 2. The zero-order valence-electron chi connectivity index (χ0n) is 9.84. The molecule has 0 saturated carbocycles. The van der Waals surface area contributed by atoms with E-state index < -0.39 is 0 Å². The van der Waals surface area contributed by atoms with E-state index in [2.05, 4.69) is 26.3 Å². The van der Waals surface area contributed by atoms with Gasteiger partial charge in [-0.15, -0.1) is 0 Å². The lowest BCUT2D eigenvalue weighted by Crippen LogP contribution is -2.25. The third-order valence-corrected chi connectivity index (χ3v) is 3.22. The molecule has 2 rings (SSSR count). The fraction of sp³-hybridized carbons (Fsp3) is 0.231. The molecular formula is C13H14BrN3O. The maximum atomic E-state index is 11.9. The number of aryl methyl sites for hydroxylation is 1. The van der Waals surface area contributed by atoms with Gasteiger partial charge in [0.2, 0.25) is 0 Å². The number of benzene rings is 1. The van der Waals surface area contributed by atoms with E-state index in [9.17, 15) is 4.79 Å². The van der Waals surface area contributed by atoms with Gasteiger partial charge in [-0.2, -0.15) is 5.10 Å². The summed E-state index contributed by atoms with van der Waals surface area (Å²) in [5.41, 5.74) is 0.664. The molecule has 0 saturated heterocycles. The van der Waals surface area contributed by atoms with Crippen LogP contribution in [0.4, 0.5) is 0 Å². The van der Waals surface area contributed by atoms with Gasteiger partial charge in [0.05, 0.1) is 5.56 Å². The Hall–Kier alpha value is -1.62. The smallest absolute Gasteiger partial charge is 0.252 e. The second kappa shape index (κ2) is 6.35. The average molecular weight is 308 g/mol. The van der Waals surface area contributed by atoms with Crippen LogP contribution in [0.2, 0.25) is 0 Å². The van der Waals surface area contributed by atoms with E-state index in [-0.39, 0.29) is 5.91 Å². The number of halogens is 1. The Morgan fingerprint density at radius 3 is 2.89 bits per heavy atom. The van der Waals surface area contributed by atoms with E-state index in [0.717, 1.165) is 17.4 Å². The highest BCUT2D eigenvalue weighted by molar-refractivity contribution is 9.10. The molecule has 0 radical (unpaired) electrons. The lowest BCUT2D eigenvalue weighted by Gasteiger charge is -2.06. The molecule has 0 spiro atoms. The van der Waals surface area contributed by atoms with Crippen LogP contribution in [0.15, 0.2) is 47.2 Å². The zero-order valence-corrected chi connectivity index (χ0v) is 11.4. The number of carbonyl (C=O) groups excluding carboxylic acids is 1. The number of nitrogens with one attached hydrogen (secondary N) is 1. The van der Waals surface area contributed by atoms with Crippen LogP contribution in [0.1, 0.15) is 16.8 Å². The van der Waals surface area contributed by atoms with Crippen molar-refractivity contribution >= 4 is 21.8 Å². The van der Waals surface area contributed by atoms with Gasteiger partial charge in [0, 0.05) is 30.0 Å². The fourth-order valence-corrected chi connectivity index (χ4v) is 2.08. The van der Waals surface area contributed by atoms with Crippen molar-refractivity contribution in [1.82, 2.24) is 15.1 Å². The van der Waals surface area contributed by atoms with Crippen LogP contribution in [0, 0.1) is 0 Å². The first kappa shape index (κ1) is 12.8. The maximum Gasteiger partial charge on any atom is 0.252 e. The third-order valence-electron chi connectivity index (χ3n) is 2.53. The summed E-state index contributed by atoms with van der Waals surface area (Å²) >= 11 is 3.36. The highest BCUT2D eigenvalue weighted by atomic mass is 79.9. The molecule has 5 heteroatoms. The van der Waals surface area contributed by atoms with E-state index in [0.29, 0.717) is 12.1 Å². The van der Waals surface area contributed by atoms with Crippen LogP contribution in [0.25, 0.3) is 0 Å². The van der Waals surface area contributed by atoms with Crippen molar-refractivity contribution in [3.05, 3.63) is 52.8 Å². The molecule has 1 heterocycles. The molecule has 0 aliphatic rings. The topological polar surface area (TPSA) is 46.9 Å². The third kappa shape index (κ3) is 3.43. The van der Waals surface area contributed by atoms with E-state index in [1.54, 1.807) is 12.3 Å². The lowest BCUT2D eigenvalue weighted by atomic mass is 10.2. The average Bonchev–Trinajstić information content (AvgIpc) is 2.88. The first-order valence-electron chi connectivity index (χ1n) is 5.77. The van der Waals surface area contributed by atoms with Crippen molar-refractivity contribution in [1.29, 1.82) is 0 Å². The predicted octanol–water partition coefficient (Wildman–Crippen LogP) is 2.47. The summed E-state index contributed by atoms with van der Waals surface area (Å²) in [6, 6.07) is 9.28. The van der Waals surface area contributed by atoms with E-state index in [1.165, 1.54) is 0 Å². The second-order valence-electron chi connectivity index (χ2n) is 3.86. The lowest BCUT2D eigenvalue weighted by molar-refractivity contribution is 0.0952. The molecule has 94 valence electrons. The van der Waals surface area contributed by atoms with Crippen LogP contribution in [-0.2, 0) is 6.54 Å². The fourth-order valence-electron chi connectivity index (χ4n) is 1.62. The van der Waals surface area contributed by atoms with E-state index in [1.807, 2.05) is 35.1 Å². The van der Waals surface area contributed by atoms with Crippen molar-refractivity contribution in [3.8, 4) is 0 Å². The number of hydrogen-bond donors (Lipinski definition) is 1. The zero-order chi connectivity index (χ0) is 12.8. The second-order valence-corrected chi connectivity index (χ2v) is 4.71. The minimum Gasteiger partial charge on any atom is -0.352 e. The number of carbonyl (C=O) groups is 1. The maximum absolute atomic E-state index is 11.9. The van der Waals surface area contributed by atoms with Gasteiger partial charge in [0.1, 0.15) is 0 Å². The molecular weight excluding hydrogens is 294 g/mol. The van der Waals surface area contributed by atoms with Crippen LogP contribution < -0.4 is 5.32 Å². The van der Waals surface area contributed by atoms with Crippen LogP contribution in [0.3, 0.4) is 0 Å². The van der Waals surface area contributed by atoms with Crippen LogP contribution in [0.5, 0.6) is 0 Å². The number of nitrogens with zero attached hydrogens (tertiary/aromatic N) is 2. The molecule has 0 aliphatic carbocycles. The Labute approximate surface area is 114 Å². The number of amides is 1. The summed E-state index contributed by atoms with van der Waals surface area (Å²) in [5, 5.41) is 6.99. The largest absolute Gasteiger partial charge is 0.352 e. The molecule has 0 fully saturated rings. The van der Waals surface area contributed by atoms with Gasteiger partial charge in [0.15, 0.2) is 0 Å². The van der Waals surface area contributed by atoms with Gasteiger partial charge in [-0.3, -0.25) is 9.48 Å². The molecule has 4 nitrogen and oxygen atoms in total. The quantitative estimate of drug-likeness (QED) is 0.863. The highest BCUT2D eigenvalue weighted by Gasteiger charge is 2.07. The van der Waals surface area contributed by atoms with Crippen molar-refractivity contribution < 1.29 is 4.79 Å². The molecule has 0 bridgehead atoms. The van der Waals surface area contributed by atoms with Crippen molar-refractivity contribution in [2.24, 2.45) is 0 Å². The molecule has 1 aromatic heterocycles. The normalized spacial score (nSPS) is 10.3. The summed E-state index contributed by atoms with van der Waals surface area (Å²) in [4.78, 5) is 11.9. The van der Waals surface area contributed by atoms with E-state index in [4.69, 9.17) is 0 Å². The molecule has 2 aromatic rings. The monoisotopic (exact) mass is 307 g/mol. The van der Waals surface area contributed by atoms with Crippen LogP contribution in [-0.4, -0.2) is 22.2 Å². The van der Waals surface area contributed by atoms with Crippen molar-refractivity contribution in [2.75, 3.05) is 6.54 Å². The van der Waals surface area contributed by atoms with Crippen molar-refractivity contribution in [3.63, 3.8) is 0 Å². The van der Waals surface area contributed by atoms with Gasteiger partial charge >= 0.3 is 0 Å². The molecule has 18 heavy (non-hydrogen) atoms. The van der Waals surface area contributed by atoms with Gasteiger partial charge in [-0.05, 0) is 40.5 Å². The van der Waals surface area contributed by atoms with Gasteiger partial charge in [-0.1, -0.05) is 12.1 Å². The Balaban J connectivity index is 1.77. The first-order valence-corrected chi connectivity index (χ1v) is 6.57. The summed E-state index contributed by atoms with van der Waals surface area (Å²) < 4.78 is 2.67. The molecule has 0 aliphatic heterocycles. The molecule has 0 atom stereocenters. The Morgan fingerprint density at radius 1 is 1.33 bits per heavy atom. The predicted molar refractivity (Wildman–Crippen MR) is 73.3 cm³/mol. The Bertz CT molecular complexity index is 511. The minimum atomic E-state index is -0.0528. The first-order chi connectivity index (χ1) is 8.77. The molecule has 0 unspecified atom stereocenters. The summed E-state index contributed by atoms with van der Waals surface area (Å²) in [5.74, 6) is -0.0528. The van der Waals surface area contributed by atoms with E-state index >= 15 is 0 Å². The molecule has 1 aromatic carbocycles. The summed E-state index contributed by atoms with van der Waals surface area (Å²) in [6.07, 6.45) is 4.52. The SMILES string of the molecule is O=C(NCCCn1cccn1)c1ccccc1Br. The van der Waals surface area contributed by atoms with Gasteiger partial charge in [-0.25, -0.2) is 0 Å². The summed E-state index contributed by atoms with van der Waals surface area (Å²) in [6.45, 7) is 1.45. The highest BCUT2D eigenvalue weighted by Crippen LogP contribution is 2.15. The van der Waals surface area contributed by atoms with Crippen molar-refractivity contribution in [2.45, 2.75) is 13.0 Å². The number of rotatable bonds is 5. The minimum absolute atomic E-state index is 0.0528. The molecule has 1 amide bonds. The Kier molecular flexibility index (Phi) is 4.52. The van der Waals surface area contributed by atoms with Gasteiger partial charge in [0.25, 0.3) is 5.91 Å². The number of aromatic nitrogens is 2. The van der Waals surface area contributed by atoms with Crippen LogP contribution >= 0.6 is 15.9 Å². The molecule has 1 N–H and O–H groups in total. The Morgan fingerprint density at radius 2 is 2.17 bits per heavy atom.